The summed E-state index contributed by atoms with van der Waals surface area (Å²) >= 11 is 1.63. The van der Waals surface area contributed by atoms with Gasteiger partial charge in [-0.15, -0.1) is 0 Å². The first kappa shape index (κ1) is 38.4. The first-order chi connectivity index (χ1) is 17.2. The number of unbranched alkanes of at least 4 members (excludes halogenated alkanes) is 18. The Balaban J connectivity index is 0. The van der Waals surface area contributed by atoms with Crippen molar-refractivity contribution >= 4 is 53.3 Å². The number of hydrogen-bond donors (Lipinski definition) is 0. The third kappa shape index (κ3) is 32.3. The Kier molecular flexibility index (Phi) is 35.6. The summed E-state index contributed by atoms with van der Waals surface area (Å²) in [6, 6.07) is 0. The summed E-state index contributed by atoms with van der Waals surface area (Å²) in [5, 5.41) is 0. The normalized spacial score (nSPS) is 10.7. The van der Waals surface area contributed by atoms with Crippen LogP contribution >= 0.6 is 11.8 Å². The standard InChI is InChI=1S/C30H58O4S.Na/c1-3-5-7-9-11-13-15-17-19-21-25-33-29(31)23-27-35-28-24-30(32)34-26-22-20-18-16-14-12-10-8-6-4-2;/h3-28H2,1-2H3;. The number of thioether (sulfide) groups is 1. The molecule has 0 aliphatic heterocycles. The summed E-state index contributed by atoms with van der Waals surface area (Å²) in [6.45, 7) is 5.60. The van der Waals surface area contributed by atoms with Crippen LogP contribution in [0.2, 0.25) is 0 Å². The van der Waals surface area contributed by atoms with E-state index in [1.165, 1.54) is 103 Å². The molecule has 36 heavy (non-hydrogen) atoms. The van der Waals surface area contributed by atoms with E-state index in [1.54, 1.807) is 11.8 Å². The van der Waals surface area contributed by atoms with Crippen LogP contribution in [0.1, 0.15) is 155 Å². The van der Waals surface area contributed by atoms with Crippen LogP contribution in [0.25, 0.3) is 0 Å². The molecule has 4 nitrogen and oxygen atoms in total. The maximum absolute atomic E-state index is 11.8. The van der Waals surface area contributed by atoms with Crippen LogP contribution in [-0.2, 0) is 19.1 Å². The number of esters is 2. The molecule has 6 heteroatoms. The minimum Gasteiger partial charge on any atom is -0.466 e. The van der Waals surface area contributed by atoms with Gasteiger partial charge in [0.05, 0.1) is 26.1 Å². The van der Waals surface area contributed by atoms with Gasteiger partial charge in [-0.2, -0.15) is 11.8 Å². The molecule has 0 saturated heterocycles. The second-order valence-corrected chi connectivity index (χ2v) is 11.1. The summed E-state index contributed by atoms with van der Waals surface area (Å²) in [7, 11) is 0. The van der Waals surface area contributed by atoms with Crippen LogP contribution in [0.3, 0.4) is 0 Å². The molecule has 0 aliphatic rings. The molecule has 0 rings (SSSR count). The molecule has 0 aliphatic carbocycles. The zero-order chi connectivity index (χ0) is 25.7. The Morgan fingerprint density at radius 1 is 0.472 bits per heavy atom. The van der Waals surface area contributed by atoms with Crippen molar-refractivity contribution in [3.63, 3.8) is 0 Å². The molecule has 0 heterocycles. The Morgan fingerprint density at radius 3 is 1.06 bits per heavy atom. The topological polar surface area (TPSA) is 52.6 Å². The molecule has 0 saturated carbocycles. The number of ether oxygens (including phenoxy) is 2. The molecule has 0 aromatic carbocycles. The molecule has 0 unspecified atom stereocenters. The molecule has 209 valence electrons. The van der Waals surface area contributed by atoms with Crippen molar-refractivity contribution in [1.82, 2.24) is 0 Å². The molecule has 0 spiro atoms. The van der Waals surface area contributed by atoms with Gasteiger partial charge >= 0.3 is 11.9 Å². The Bertz CT molecular complexity index is 422. The minimum atomic E-state index is -0.114. The van der Waals surface area contributed by atoms with Crippen molar-refractivity contribution in [2.45, 2.75) is 155 Å². The molecule has 0 aromatic rings. The summed E-state index contributed by atoms with van der Waals surface area (Å²) in [6.07, 6.45) is 26.5. The fourth-order valence-electron chi connectivity index (χ4n) is 4.11. The van der Waals surface area contributed by atoms with Gasteiger partial charge in [-0.3, -0.25) is 9.59 Å². The summed E-state index contributed by atoms with van der Waals surface area (Å²) in [4.78, 5) is 23.6. The first-order valence-corrected chi connectivity index (χ1v) is 16.2. The van der Waals surface area contributed by atoms with Gasteiger partial charge in [0.1, 0.15) is 0 Å². The molecule has 0 aromatic heterocycles. The number of rotatable bonds is 28. The van der Waals surface area contributed by atoms with Crippen LogP contribution in [0.15, 0.2) is 0 Å². The van der Waals surface area contributed by atoms with Gasteiger partial charge in [-0.05, 0) is 12.8 Å². The molecule has 0 bridgehead atoms. The van der Waals surface area contributed by atoms with E-state index >= 15 is 0 Å². The van der Waals surface area contributed by atoms with Gasteiger partial charge < -0.3 is 9.47 Å². The van der Waals surface area contributed by atoms with Gasteiger partial charge in [0.2, 0.25) is 0 Å². The predicted octanol–water partition coefficient (Wildman–Crippen LogP) is 9.05. The first-order valence-electron chi connectivity index (χ1n) is 15.1. The Labute approximate surface area is 250 Å². The predicted molar refractivity (Wildman–Crippen MR) is 158 cm³/mol. The third-order valence-electron chi connectivity index (χ3n) is 6.42. The van der Waals surface area contributed by atoms with Crippen molar-refractivity contribution in [2.75, 3.05) is 24.7 Å². The smallest absolute Gasteiger partial charge is 0.306 e. The van der Waals surface area contributed by atoms with E-state index in [-0.39, 0.29) is 41.5 Å². The maximum atomic E-state index is 11.8. The van der Waals surface area contributed by atoms with E-state index < -0.39 is 0 Å². The molecule has 0 N–H and O–H groups in total. The van der Waals surface area contributed by atoms with Crippen molar-refractivity contribution in [1.29, 1.82) is 0 Å². The van der Waals surface area contributed by atoms with Crippen molar-refractivity contribution < 1.29 is 19.1 Å². The van der Waals surface area contributed by atoms with E-state index in [9.17, 15) is 9.59 Å². The van der Waals surface area contributed by atoms with Gasteiger partial charge in [-0.25, -0.2) is 0 Å². The monoisotopic (exact) mass is 537 g/mol. The minimum absolute atomic E-state index is 0. The molecule has 0 amide bonds. The SMILES string of the molecule is CCCCCCCCCCCCOC(=O)CCSCCC(=O)OCCCCCCCCCCCC.[Na]. The number of hydrogen-bond acceptors (Lipinski definition) is 5. The van der Waals surface area contributed by atoms with E-state index in [4.69, 9.17) is 9.47 Å². The third-order valence-corrected chi connectivity index (χ3v) is 7.41. The summed E-state index contributed by atoms with van der Waals surface area (Å²) in [5.74, 6) is 1.19. The number of carbonyl (C=O) groups is 2. The van der Waals surface area contributed by atoms with Gasteiger partial charge in [0.15, 0.2) is 0 Å². The van der Waals surface area contributed by atoms with Crippen LogP contribution < -0.4 is 0 Å². The van der Waals surface area contributed by atoms with E-state index in [1.807, 2.05) is 0 Å². The van der Waals surface area contributed by atoms with Crippen molar-refractivity contribution in [3.05, 3.63) is 0 Å². The summed E-state index contributed by atoms with van der Waals surface area (Å²) in [5.41, 5.74) is 0. The van der Waals surface area contributed by atoms with Crippen molar-refractivity contribution in [3.8, 4) is 0 Å². The quantitative estimate of drug-likeness (QED) is 0.0566. The van der Waals surface area contributed by atoms with E-state index in [2.05, 4.69) is 13.8 Å². The summed E-state index contributed by atoms with van der Waals surface area (Å²) < 4.78 is 10.6. The molecular formula is C30H58NaO4S. The van der Waals surface area contributed by atoms with Crippen LogP contribution in [0.5, 0.6) is 0 Å². The maximum Gasteiger partial charge on any atom is 0.306 e. The van der Waals surface area contributed by atoms with Gasteiger partial charge in [-0.1, -0.05) is 129 Å². The fraction of sp³-hybridized carbons (Fsp3) is 0.933. The largest absolute Gasteiger partial charge is 0.466 e. The van der Waals surface area contributed by atoms with Gasteiger partial charge in [0.25, 0.3) is 0 Å². The average Bonchev–Trinajstić information content (AvgIpc) is 2.85. The average molecular weight is 538 g/mol. The molecule has 1 radical (unpaired) electrons. The van der Waals surface area contributed by atoms with Crippen molar-refractivity contribution in [2.24, 2.45) is 0 Å². The van der Waals surface area contributed by atoms with Crippen LogP contribution in [0, 0.1) is 0 Å². The zero-order valence-corrected chi connectivity index (χ0v) is 27.2. The van der Waals surface area contributed by atoms with Gasteiger partial charge in [0, 0.05) is 41.1 Å². The second-order valence-electron chi connectivity index (χ2n) is 9.92. The van der Waals surface area contributed by atoms with E-state index in [0.29, 0.717) is 37.6 Å². The zero-order valence-electron chi connectivity index (χ0n) is 24.4. The molecular weight excluding hydrogens is 479 g/mol. The molecule has 0 atom stereocenters. The molecule has 0 fully saturated rings. The van der Waals surface area contributed by atoms with Crippen LogP contribution in [-0.4, -0.2) is 66.2 Å². The Hall–Kier alpha value is 0.290. The van der Waals surface area contributed by atoms with E-state index in [0.717, 1.165) is 25.7 Å². The second kappa shape index (κ2) is 33.3. The number of carbonyl (C=O) groups excluding carboxylic acids is 2. The Morgan fingerprint density at radius 2 is 0.750 bits per heavy atom. The fourth-order valence-corrected chi connectivity index (χ4v) is 4.93. The van der Waals surface area contributed by atoms with Crippen LogP contribution in [0.4, 0.5) is 0 Å².